The van der Waals surface area contributed by atoms with Crippen LogP contribution in [0.3, 0.4) is 0 Å². The van der Waals surface area contributed by atoms with Gasteiger partial charge in [-0.05, 0) is 19.1 Å². The highest BCUT2D eigenvalue weighted by atomic mass is 35.5. The predicted molar refractivity (Wildman–Crippen MR) is 57.1 cm³/mol. The minimum atomic E-state index is -0.762. The van der Waals surface area contributed by atoms with Crippen molar-refractivity contribution in [1.29, 1.82) is 0 Å². The van der Waals surface area contributed by atoms with E-state index in [9.17, 15) is 13.2 Å². The lowest BCUT2D eigenvalue weighted by Crippen LogP contribution is -1.98. The Hall–Kier alpha value is -1.62. The van der Waals surface area contributed by atoms with Crippen LogP contribution < -0.4 is 0 Å². The molecule has 0 amide bonds. The second-order valence-corrected chi connectivity index (χ2v) is 3.75. The van der Waals surface area contributed by atoms with E-state index >= 15 is 0 Å². The Bertz CT molecular complexity index is 544. The SMILES string of the molecule is Cc1nc(-c2cc(F)cc(F)c2)nc(Cl)c1F. The van der Waals surface area contributed by atoms with Crippen molar-refractivity contribution < 1.29 is 13.2 Å². The van der Waals surface area contributed by atoms with Gasteiger partial charge in [0.2, 0.25) is 0 Å². The quantitative estimate of drug-likeness (QED) is 0.732. The summed E-state index contributed by atoms with van der Waals surface area (Å²) in [7, 11) is 0. The molecule has 0 unspecified atom stereocenters. The fourth-order valence-electron chi connectivity index (χ4n) is 1.34. The Kier molecular flexibility index (Phi) is 3.02. The van der Waals surface area contributed by atoms with Crippen molar-refractivity contribution in [3.63, 3.8) is 0 Å². The van der Waals surface area contributed by atoms with Gasteiger partial charge in [-0.1, -0.05) is 11.6 Å². The molecule has 0 aliphatic heterocycles. The second kappa shape index (κ2) is 4.33. The van der Waals surface area contributed by atoms with Crippen LogP contribution in [-0.4, -0.2) is 9.97 Å². The third-order valence-corrected chi connectivity index (χ3v) is 2.35. The topological polar surface area (TPSA) is 25.8 Å². The lowest BCUT2D eigenvalue weighted by atomic mass is 10.2. The molecule has 0 bridgehead atoms. The summed E-state index contributed by atoms with van der Waals surface area (Å²) in [6.07, 6.45) is 0. The number of hydrogen-bond donors (Lipinski definition) is 0. The first kappa shape index (κ1) is 11.9. The van der Waals surface area contributed by atoms with Gasteiger partial charge in [0, 0.05) is 11.6 Å². The van der Waals surface area contributed by atoms with Crippen LogP contribution in [0.15, 0.2) is 18.2 Å². The highest BCUT2D eigenvalue weighted by molar-refractivity contribution is 6.29. The summed E-state index contributed by atoms with van der Waals surface area (Å²) >= 11 is 5.53. The summed E-state index contributed by atoms with van der Waals surface area (Å²) in [4.78, 5) is 7.41. The van der Waals surface area contributed by atoms with E-state index in [0.29, 0.717) is 0 Å². The van der Waals surface area contributed by atoms with Gasteiger partial charge >= 0.3 is 0 Å². The van der Waals surface area contributed by atoms with Crippen LogP contribution in [0.4, 0.5) is 13.2 Å². The molecule has 0 spiro atoms. The van der Waals surface area contributed by atoms with Crippen LogP contribution in [0.5, 0.6) is 0 Å². The molecule has 0 radical (unpaired) electrons. The molecule has 0 aliphatic carbocycles. The number of nitrogens with zero attached hydrogens (tertiary/aromatic N) is 2. The maximum atomic E-state index is 13.2. The molecule has 0 saturated heterocycles. The second-order valence-electron chi connectivity index (χ2n) is 3.40. The predicted octanol–water partition coefficient (Wildman–Crippen LogP) is 3.52. The third kappa shape index (κ3) is 2.39. The van der Waals surface area contributed by atoms with Crippen molar-refractivity contribution >= 4 is 11.6 Å². The molecular formula is C11H6ClF3N2. The van der Waals surface area contributed by atoms with E-state index < -0.39 is 17.5 Å². The summed E-state index contributed by atoms with van der Waals surface area (Å²) in [5.41, 5.74) is 0.122. The van der Waals surface area contributed by atoms with Crippen LogP contribution in [0.1, 0.15) is 5.69 Å². The van der Waals surface area contributed by atoms with Crippen LogP contribution in [0.2, 0.25) is 5.15 Å². The number of aryl methyl sites for hydroxylation is 1. The number of aromatic nitrogens is 2. The highest BCUT2D eigenvalue weighted by Crippen LogP contribution is 2.22. The Morgan fingerprint density at radius 1 is 1.00 bits per heavy atom. The molecule has 2 rings (SSSR count). The van der Waals surface area contributed by atoms with Crippen LogP contribution in [0.25, 0.3) is 11.4 Å². The summed E-state index contributed by atoms with van der Waals surface area (Å²) in [6, 6.07) is 2.82. The average Bonchev–Trinajstić information content (AvgIpc) is 2.23. The van der Waals surface area contributed by atoms with Crippen molar-refractivity contribution in [3.05, 3.63) is 46.5 Å². The number of halogens is 4. The largest absolute Gasteiger partial charge is 0.230 e. The Balaban J connectivity index is 2.60. The van der Waals surface area contributed by atoms with E-state index in [1.807, 2.05) is 0 Å². The van der Waals surface area contributed by atoms with Gasteiger partial charge in [0.25, 0.3) is 0 Å². The van der Waals surface area contributed by atoms with E-state index in [2.05, 4.69) is 9.97 Å². The average molecular weight is 259 g/mol. The fraction of sp³-hybridized carbons (Fsp3) is 0.0909. The zero-order chi connectivity index (χ0) is 12.6. The molecule has 0 atom stereocenters. The Morgan fingerprint density at radius 2 is 1.59 bits per heavy atom. The number of hydrogen-bond acceptors (Lipinski definition) is 2. The molecule has 6 heteroatoms. The molecule has 0 N–H and O–H groups in total. The summed E-state index contributed by atoms with van der Waals surface area (Å²) in [5.74, 6) is -2.29. The minimum absolute atomic E-state index is 0.0182. The van der Waals surface area contributed by atoms with Crippen molar-refractivity contribution in [2.75, 3.05) is 0 Å². The van der Waals surface area contributed by atoms with Gasteiger partial charge in [-0.25, -0.2) is 23.1 Å². The highest BCUT2D eigenvalue weighted by Gasteiger charge is 2.12. The van der Waals surface area contributed by atoms with Gasteiger partial charge in [0.1, 0.15) is 11.6 Å². The zero-order valence-electron chi connectivity index (χ0n) is 8.64. The smallest absolute Gasteiger partial charge is 0.181 e. The molecule has 2 nitrogen and oxygen atoms in total. The van der Waals surface area contributed by atoms with Crippen LogP contribution in [0, 0.1) is 24.4 Å². The van der Waals surface area contributed by atoms with Gasteiger partial charge in [0.05, 0.1) is 5.69 Å². The first-order valence-corrected chi connectivity index (χ1v) is 5.01. The van der Waals surface area contributed by atoms with Crippen molar-refractivity contribution in [3.8, 4) is 11.4 Å². The minimum Gasteiger partial charge on any atom is -0.230 e. The lowest BCUT2D eigenvalue weighted by molar-refractivity contribution is 0.583. The fourth-order valence-corrected chi connectivity index (χ4v) is 1.55. The van der Waals surface area contributed by atoms with E-state index in [1.165, 1.54) is 6.92 Å². The Morgan fingerprint density at radius 3 is 2.12 bits per heavy atom. The molecule has 1 aromatic heterocycles. The van der Waals surface area contributed by atoms with Gasteiger partial charge in [0.15, 0.2) is 16.8 Å². The van der Waals surface area contributed by atoms with Crippen molar-refractivity contribution in [1.82, 2.24) is 9.97 Å². The van der Waals surface area contributed by atoms with Crippen molar-refractivity contribution in [2.45, 2.75) is 6.92 Å². The zero-order valence-corrected chi connectivity index (χ0v) is 9.39. The number of rotatable bonds is 1. The first-order valence-electron chi connectivity index (χ1n) is 4.63. The van der Waals surface area contributed by atoms with Gasteiger partial charge in [-0.15, -0.1) is 0 Å². The molecule has 1 heterocycles. The molecule has 2 aromatic rings. The van der Waals surface area contributed by atoms with E-state index in [1.54, 1.807) is 0 Å². The van der Waals surface area contributed by atoms with E-state index in [0.717, 1.165) is 18.2 Å². The first-order chi connectivity index (χ1) is 7.97. The summed E-state index contributed by atoms with van der Waals surface area (Å²) in [5, 5.41) is -0.378. The maximum Gasteiger partial charge on any atom is 0.181 e. The maximum absolute atomic E-state index is 13.2. The van der Waals surface area contributed by atoms with E-state index in [-0.39, 0.29) is 22.2 Å². The Labute approximate surface area is 100 Å². The van der Waals surface area contributed by atoms with Crippen LogP contribution in [-0.2, 0) is 0 Å². The van der Waals surface area contributed by atoms with E-state index in [4.69, 9.17) is 11.6 Å². The lowest BCUT2D eigenvalue weighted by Gasteiger charge is -2.04. The van der Waals surface area contributed by atoms with Gasteiger partial charge in [-0.3, -0.25) is 0 Å². The molecule has 0 saturated carbocycles. The standard InChI is InChI=1S/C11H6ClF3N2/c1-5-9(15)10(12)17-11(16-5)6-2-7(13)4-8(14)3-6/h2-4H,1H3. The monoisotopic (exact) mass is 258 g/mol. The molecule has 1 aromatic carbocycles. The van der Waals surface area contributed by atoms with Crippen molar-refractivity contribution in [2.24, 2.45) is 0 Å². The summed E-state index contributed by atoms with van der Waals surface area (Å²) < 4.78 is 39.2. The molecule has 0 aliphatic rings. The third-order valence-electron chi connectivity index (χ3n) is 2.10. The molecule has 0 fully saturated rings. The molecule has 17 heavy (non-hydrogen) atoms. The molecular weight excluding hydrogens is 253 g/mol. The normalized spacial score (nSPS) is 10.6. The van der Waals surface area contributed by atoms with Gasteiger partial charge in [-0.2, -0.15) is 0 Å². The van der Waals surface area contributed by atoms with Gasteiger partial charge < -0.3 is 0 Å². The molecule has 88 valence electrons. The summed E-state index contributed by atoms with van der Waals surface area (Å²) in [6.45, 7) is 1.39. The number of benzene rings is 1. The van der Waals surface area contributed by atoms with Crippen LogP contribution >= 0.6 is 11.6 Å².